The number of rotatable bonds is 4. The predicted molar refractivity (Wildman–Crippen MR) is 66.5 cm³/mol. The molecule has 1 heterocycles. The molecule has 5 nitrogen and oxygen atoms in total. The standard InChI is InChI=1S/C12H15F2NO4S/c1-15(8-4-5-19-7-8)20(17,18)11-3-2-10(13)9(6-16)12(11)14/h2-3,8,16H,4-7H2,1H3. The van der Waals surface area contributed by atoms with Gasteiger partial charge < -0.3 is 9.84 Å². The van der Waals surface area contributed by atoms with Crippen LogP contribution in [0.4, 0.5) is 8.78 Å². The van der Waals surface area contributed by atoms with Gasteiger partial charge in [-0.1, -0.05) is 0 Å². The SMILES string of the molecule is CN(C1CCOC1)S(=O)(=O)c1ccc(F)c(CO)c1F. The van der Waals surface area contributed by atoms with Gasteiger partial charge in [-0.25, -0.2) is 17.2 Å². The van der Waals surface area contributed by atoms with Crippen LogP contribution in [-0.4, -0.2) is 44.1 Å². The number of hydrogen-bond acceptors (Lipinski definition) is 4. The number of likely N-dealkylation sites (N-methyl/N-ethyl adjacent to an activating group) is 1. The lowest BCUT2D eigenvalue weighted by atomic mass is 10.2. The topological polar surface area (TPSA) is 66.8 Å². The molecule has 1 aromatic rings. The third kappa shape index (κ3) is 2.56. The molecule has 1 aliphatic rings. The highest BCUT2D eigenvalue weighted by molar-refractivity contribution is 7.89. The van der Waals surface area contributed by atoms with Gasteiger partial charge in [0.05, 0.1) is 24.8 Å². The van der Waals surface area contributed by atoms with Crippen molar-refractivity contribution in [3.63, 3.8) is 0 Å². The monoisotopic (exact) mass is 307 g/mol. The van der Waals surface area contributed by atoms with E-state index < -0.39 is 38.7 Å². The van der Waals surface area contributed by atoms with Gasteiger partial charge in [-0.3, -0.25) is 0 Å². The Morgan fingerprint density at radius 1 is 1.45 bits per heavy atom. The quantitative estimate of drug-likeness (QED) is 0.896. The van der Waals surface area contributed by atoms with Crippen LogP contribution in [0, 0.1) is 11.6 Å². The van der Waals surface area contributed by atoms with Crippen molar-refractivity contribution in [2.45, 2.75) is 24.0 Å². The molecule has 0 spiro atoms. The van der Waals surface area contributed by atoms with Crippen molar-refractivity contribution < 1.29 is 27.0 Å². The van der Waals surface area contributed by atoms with Gasteiger partial charge in [-0.05, 0) is 18.6 Å². The summed E-state index contributed by atoms with van der Waals surface area (Å²) in [7, 11) is -2.77. The van der Waals surface area contributed by atoms with Crippen LogP contribution in [0.2, 0.25) is 0 Å². The van der Waals surface area contributed by atoms with E-state index in [2.05, 4.69) is 0 Å². The number of ether oxygens (including phenoxy) is 1. The molecule has 1 atom stereocenters. The van der Waals surface area contributed by atoms with E-state index in [1.165, 1.54) is 7.05 Å². The second kappa shape index (κ2) is 5.72. The zero-order chi connectivity index (χ0) is 14.9. The number of aliphatic hydroxyl groups excluding tert-OH is 1. The molecule has 0 radical (unpaired) electrons. The summed E-state index contributed by atoms with van der Waals surface area (Å²) < 4.78 is 58.2. The molecular formula is C12H15F2NO4S. The van der Waals surface area contributed by atoms with Gasteiger partial charge in [0, 0.05) is 13.7 Å². The first kappa shape index (κ1) is 15.3. The molecule has 0 aromatic heterocycles. The molecule has 1 aromatic carbocycles. The first-order valence-corrected chi connectivity index (χ1v) is 7.47. The lowest BCUT2D eigenvalue weighted by Gasteiger charge is -2.23. The van der Waals surface area contributed by atoms with E-state index in [-0.39, 0.29) is 12.6 Å². The van der Waals surface area contributed by atoms with Crippen molar-refractivity contribution in [1.82, 2.24) is 4.31 Å². The Morgan fingerprint density at radius 3 is 2.70 bits per heavy atom. The fraction of sp³-hybridized carbons (Fsp3) is 0.500. The van der Waals surface area contributed by atoms with E-state index in [4.69, 9.17) is 9.84 Å². The number of hydrogen-bond donors (Lipinski definition) is 1. The van der Waals surface area contributed by atoms with Crippen LogP contribution in [0.15, 0.2) is 17.0 Å². The van der Waals surface area contributed by atoms with E-state index in [0.29, 0.717) is 13.0 Å². The third-order valence-electron chi connectivity index (χ3n) is 3.39. The Kier molecular flexibility index (Phi) is 4.38. The highest BCUT2D eigenvalue weighted by Gasteiger charge is 2.33. The Morgan fingerprint density at radius 2 is 2.15 bits per heavy atom. The number of sulfonamides is 1. The Labute approximate surface area is 115 Å². The zero-order valence-electron chi connectivity index (χ0n) is 10.8. The molecule has 0 bridgehead atoms. The van der Waals surface area contributed by atoms with Crippen LogP contribution in [-0.2, 0) is 21.4 Å². The summed E-state index contributed by atoms with van der Waals surface area (Å²) in [5, 5.41) is 8.93. The average molecular weight is 307 g/mol. The van der Waals surface area contributed by atoms with Gasteiger partial charge in [-0.2, -0.15) is 4.31 Å². The van der Waals surface area contributed by atoms with Gasteiger partial charge in [0.15, 0.2) is 5.82 Å². The van der Waals surface area contributed by atoms with Crippen LogP contribution in [0.5, 0.6) is 0 Å². The predicted octanol–water partition coefficient (Wildman–Crippen LogP) is 0.867. The molecule has 1 N–H and O–H groups in total. The number of aliphatic hydroxyl groups is 1. The largest absolute Gasteiger partial charge is 0.391 e. The van der Waals surface area contributed by atoms with Gasteiger partial charge in [-0.15, -0.1) is 0 Å². The molecule has 0 amide bonds. The molecular weight excluding hydrogens is 292 g/mol. The van der Waals surface area contributed by atoms with E-state index in [1.807, 2.05) is 0 Å². The molecule has 8 heteroatoms. The first-order chi connectivity index (χ1) is 9.39. The smallest absolute Gasteiger partial charge is 0.246 e. The molecule has 0 saturated carbocycles. The summed E-state index contributed by atoms with van der Waals surface area (Å²) >= 11 is 0. The normalized spacial score (nSPS) is 19.8. The first-order valence-electron chi connectivity index (χ1n) is 6.03. The second-order valence-corrected chi connectivity index (χ2v) is 6.50. The van der Waals surface area contributed by atoms with Crippen LogP contribution in [0.25, 0.3) is 0 Å². The van der Waals surface area contributed by atoms with Crippen molar-refractivity contribution >= 4 is 10.0 Å². The van der Waals surface area contributed by atoms with E-state index in [0.717, 1.165) is 16.4 Å². The summed E-state index contributed by atoms with van der Waals surface area (Å²) in [5.74, 6) is -2.23. The van der Waals surface area contributed by atoms with E-state index in [1.54, 1.807) is 0 Å². The van der Waals surface area contributed by atoms with Crippen LogP contribution >= 0.6 is 0 Å². The van der Waals surface area contributed by atoms with Gasteiger partial charge in [0.1, 0.15) is 10.7 Å². The molecule has 1 saturated heterocycles. The fourth-order valence-electron chi connectivity index (χ4n) is 2.08. The number of halogens is 2. The van der Waals surface area contributed by atoms with E-state index >= 15 is 0 Å². The highest BCUT2D eigenvalue weighted by atomic mass is 32.2. The fourth-order valence-corrected chi connectivity index (χ4v) is 3.54. The minimum absolute atomic E-state index is 0.241. The molecule has 1 aliphatic heterocycles. The lowest BCUT2D eigenvalue weighted by Crippen LogP contribution is -2.37. The maximum absolute atomic E-state index is 14.0. The number of benzene rings is 1. The molecule has 0 aliphatic carbocycles. The van der Waals surface area contributed by atoms with Crippen LogP contribution in [0.3, 0.4) is 0 Å². The Balaban J connectivity index is 2.44. The summed E-state index contributed by atoms with van der Waals surface area (Å²) in [6.45, 7) is -0.221. The lowest BCUT2D eigenvalue weighted by molar-refractivity contribution is 0.180. The molecule has 112 valence electrons. The summed E-state index contributed by atoms with van der Waals surface area (Å²) in [4.78, 5) is -0.641. The Hall–Kier alpha value is -1.09. The minimum atomic E-state index is -4.10. The van der Waals surface area contributed by atoms with Crippen molar-refractivity contribution in [3.05, 3.63) is 29.3 Å². The van der Waals surface area contributed by atoms with E-state index in [9.17, 15) is 17.2 Å². The van der Waals surface area contributed by atoms with Crippen LogP contribution in [0.1, 0.15) is 12.0 Å². The zero-order valence-corrected chi connectivity index (χ0v) is 11.7. The maximum atomic E-state index is 14.0. The van der Waals surface area contributed by atoms with Gasteiger partial charge in [0.2, 0.25) is 10.0 Å². The van der Waals surface area contributed by atoms with Crippen molar-refractivity contribution in [2.24, 2.45) is 0 Å². The van der Waals surface area contributed by atoms with Crippen LogP contribution < -0.4 is 0 Å². The molecule has 1 fully saturated rings. The second-order valence-electron chi connectivity index (χ2n) is 4.53. The summed E-state index contributed by atoms with van der Waals surface area (Å²) in [6.07, 6.45) is 0.519. The Bertz CT molecular complexity index is 600. The van der Waals surface area contributed by atoms with Gasteiger partial charge >= 0.3 is 0 Å². The van der Waals surface area contributed by atoms with Crippen molar-refractivity contribution in [3.8, 4) is 0 Å². The molecule has 2 rings (SSSR count). The average Bonchev–Trinajstić information content (AvgIpc) is 2.91. The third-order valence-corrected chi connectivity index (χ3v) is 5.31. The highest BCUT2D eigenvalue weighted by Crippen LogP contribution is 2.26. The van der Waals surface area contributed by atoms with Gasteiger partial charge in [0.25, 0.3) is 0 Å². The molecule has 20 heavy (non-hydrogen) atoms. The minimum Gasteiger partial charge on any atom is -0.391 e. The summed E-state index contributed by atoms with van der Waals surface area (Å²) in [6, 6.07) is 1.33. The van der Waals surface area contributed by atoms with Crippen molar-refractivity contribution in [2.75, 3.05) is 20.3 Å². The number of nitrogens with zero attached hydrogens (tertiary/aromatic N) is 1. The van der Waals surface area contributed by atoms with Crippen molar-refractivity contribution in [1.29, 1.82) is 0 Å². The summed E-state index contributed by atoms with van der Waals surface area (Å²) in [5.41, 5.74) is -0.651. The molecule has 1 unspecified atom stereocenters. The maximum Gasteiger partial charge on any atom is 0.246 e.